The van der Waals surface area contributed by atoms with Gasteiger partial charge in [-0.3, -0.25) is 4.79 Å². The standard InChI is InChI=1S/C14H14N2OS2/c1-2-14(17)16-13(11-4-6-19-9-11)7-12(15-16)10-3-5-18-8-10/h3-6,8-9,13H,2,7H2,1H3/t13-/m1/s1. The summed E-state index contributed by atoms with van der Waals surface area (Å²) in [5, 5.41) is 14.5. The van der Waals surface area contributed by atoms with Crippen molar-refractivity contribution in [1.29, 1.82) is 0 Å². The number of hydrogen-bond donors (Lipinski definition) is 0. The highest BCUT2D eigenvalue weighted by atomic mass is 32.1. The van der Waals surface area contributed by atoms with Crippen LogP contribution in [0.25, 0.3) is 0 Å². The molecular formula is C14H14N2OS2. The number of rotatable bonds is 3. The first-order valence-electron chi connectivity index (χ1n) is 6.23. The predicted octanol–water partition coefficient (Wildman–Crippen LogP) is 3.90. The Morgan fingerprint density at radius 3 is 2.79 bits per heavy atom. The minimum absolute atomic E-state index is 0.0635. The average molecular weight is 290 g/mol. The summed E-state index contributed by atoms with van der Waals surface area (Å²) in [6.45, 7) is 1.88. The number of thiophene rings is 2. The van der Waals surface area contributed by atoms with Crippen LogP contribution in [0, 0.1) is 0 Å². The molecule has 0 aliphatic carbocycles. The first-order chi connectivity index (χ1) is 9.29. The van der Waals surface area contributed by atoms with E-state index >= 15 is 0 Å². The van der Waals surface area contributed by atoms with Crippen LogP contribution in [0.1, 0.15) is 36.9 Å². The molecule has 0 fully saturated rings. The lowest BCUT2D eigenvalue weighted by Crippen LogP contribution is -2.25. The predicted molar refractivity (Wildman–Crippen MR) is 79.7 cm³/mol. The fourth-order valence-corrected chi connectivity index (χ4v) is 3.60. The van der Waals surface area contributed by atoms with Crippen LogP contribution in [0.15, 0.2) is 38.8 Å². The van der Waals surface area contributed by atoms with E-state index in [1.807, 2.05) is 17.7 Å². The number of hydrogen-bond acceptors (Lipinski definition) is 4. The van der Waals surface area contributed by atoms with E-state index in [1.54, 1.807) is 27.7 Å². The monoisotopic (exact) mass is 290 g/mol. The molecule has 5 heteroatoms. The van der Waals surface area contributed by atoms with Gasteiger partial charge in [-0.05, 0) is 39.2 Å². The Morgan fingerprint density at radius 2 is 2.16 bits per heavy atom. The number of carbonyl (C=O) groups is 1. The number of nitrogens with zero attached hydrogens (tertiary/aromatic N) is 2. The molecule has 0 saturated heterocycles. The van der Waals surface area contributed by atoms with Crippen LogP contribution in [0.3, 0.4) is 0 Å². The van der Waals surface area contributed by atoms with Crippen molar-refractivity contribution in [3.05, 3.63) is 44.8 Å². The molecule has 3 nitrogen and oxygen atoms in total. The normalized spacial score (nSPS) is 18.7. The van der Waals surface area contributed by atoms with Gasteiger partial charge < -0.3 is 0 Å². The van der Waals surface area contributed by atoms with Crippen molar-refractivity contribution >= 4 is 34.3 Å². The van der Waals surface area contributed by atoms with E-state index < -0.39 is 0 Å². The van der Waals surface area contributed by atoms with Crippen LogP contribution in [-0.4, -0.2) is 16.6 Å². The van der Waals surface area contributed by atoms with E-state index in [1.165, 1.54) is 5.56 Å². The lowest BCUT2D eigenvalue weighted by atomic mass is 10.0. The van der Waals surface area contributed by atoms with Crippen LogP contribution < -0.4 is 0 Å². The maximum atomic E-state index is 12.1. The Bertz CT molecular complexity index is 587. The highest BCUT2D eigenvalue weighted by Gasteiger charge is 2.32. The molecule has 0 N–H and O–H groups in total. The molecule has 2 aromatic rings. The molecule has 2 aromatic heterocycles. The third kappa shape index (κ3) is 2.35. The van der Waals surface area contributed by atoms with E-state index in [-0.39, 0.29) is 11.9 Å². The summed E-state index contributed by atoms with van der Waals surface area (Å²) in [6, 6.07) is 4.21. The second kappa shape index (κ2) is 5.27. The van der Waals surface area contributed by atoms with Crippen LogP contribution >= 0.6 is 22.7 Å². The maximum Gasteiger partial charge on any atom is 0.242 e. The highest BCUT2D eigenvalue weighted by Crippen LogP contribution is 2.34. The van der Waals surface area contributed by atoms with Crippen molar-refractivity contribution in [2.75, 3.05) is 0 Å². The zero-order valence-corrected chi connectivity index (χ0v) is 12.2. The fraction of sp³-hybridized carbons (Fsp3) is 0.286. The fourth-order valence-electron chi connectivity index (χ4n) is 2.23. The number of amides is 1. The molecule has 3 rings (SSSR count). The van der Waals surface area contributed by atoms with E-state index in [0.717, 1.165) is 17.7 Å². The van der Waals surface area contributed by atoms with E-state index in [4.69, 9.17) is 0 Å². The van der Waals surface area contributed by atoms with Gasteiger partial charge in [-0.1, -0.05) is 6.92 Å². The third-order valence-electron chi connectivity index (χ3n) is 3.25. The highest BCUT2D eigenvalue weighted by molar-refractivity contribution is 7.08. The van der Waals surface area contributed by atoms with Gasteiger partial charge in [-0.15, -0.1) is 0 Å². The molecule has 1 aliphatic rings. The molecule has 0 bridgehead atoms. The van der Waals surface area contributed by atoms with Gasteiger partial charge in [0.25, 0.3) is 0 Å². The maximum absolute atomic E-state index is 12.1. The van der Waals surface area contributed by atoms with Crippen LogP contribution in [0.2, 0.25) is 0 Å². The van der Waals surface area contributed by atoms with Crippen molar-refractivity contribution in [2.45, 2.75) is 25.8 Å². The van der Waals surface area contributed by atoms with Crippen LogP contribution in [0.5, 0.6) is 0 Å². The molecule has 98 valence electrons. The summed E-state index contributed by atoms with van der Waals surface area (Å²) in [6.07, 6.45) is 1.29. The SMILES string of the molecule is CCC(=O)N1N=C(c2ccsc2)C[C@@H]1c1ccsc1. The zero-order chi connectivity index (χ0) is 13.2. The molecule has 1 aliphatic heterocycles. The molecule has 0 unspecified atom stereocenters. The van der Waals surface area contributed by atoms with Crippen LogP contribution in [-0.2, 0) is 4.79 Å². The molecule has 1 amide bonds. The van der Waals surface area contributed by atoms with Gasteiger partial charge in [0.1, 0.15) is 0 Å². The second-order valence-electron chi connectivity index (χ2n) is 4.43. The zero-order valence-electron chi connectivity index (χ0n) is 10.6. The first kappa shape index (κ1) is 12.6. The van der Waals surface area contributed by atoms with Crippen molar-refractivity contribution in [1.82, 2.24) is 5.01 Å². The molecule has 19 heavy (non-hydrogen) atoms. The summed E-state index contributed by atoms with van der Waals surface area (Å²) in [7, 11) is 0. The molecule has 0 radical (unpaired) electrons. The quantitative estimate of drug-likeness (QED) is 0.844. The minimum Gasteiger partial charge on any atom is -0.273 e. The summed E-state index contributed by atoms with van der Waals surface area (Å²) >= 11 is 3.32. The van der Waals surface area contributed by atoms with Crippen molar-refractivity contribution < 1.29 is 4.79 Å². The number of hydrazone groups is 1. The lowest BCUT2D eigenvalue weighted by Gasteiger charge is -2.20. The summed E-state index contributed by atoms with van der Waals surface area (Å²) in [4.78, 5) is 12.1. The molecule has 0 aromatic carbocycles. The lowest BCUT2D eigenvalue weighted by molar-refractivity contribution is -0.132. The van der Waals surface area contributed by atoms with Crippen molar-refractivity contribution in [3.8, 4) is 0 Å². The Hall–Kier alpha value is -1.46. The molecule has 3 heterocycles. The largest absolute Gasteiger partial charge is 0.273 e. The Balaban J connectivity index is 1.93. The van der Waals surface area contributed by atoms with Gasteiger partial charge in [0, 0.05) is 18.4 Å². The van der Waals surface area contributed by atoms with Crippen molar-refractivity contribution in [2.24, 2.45) is 5.10 Å². The van der Waals surface area contributed by atoms with E-state index in [0.29, 0.717) is 6.42 Å². The first-order valence-corrected chi connectivity index (χ1v) is 8.12. The van der Waals surface area contributed by atoms with Gasteiger partial charge >= 0.3 is 0 Å². The summed E-state index contributed by atoms with van der Waals surface area (Å²) < 4.78 is 0. The van der Waals surface area contributed by atoms with E-state index in [2.05, 4.69) is 28.0 Å². The van der Waals surface area contributed by atoms with Gasteiger partial charge in [0.05, 0.1) is 11.8 Å². The van der Waals surface area contributed by atoms with Gasteiger partial charge in [0.2, 0.25) is 5.91 Å². The minimum atomic E-state index is 0.0635. The summed E-state index contributed by atoms with van der Waals surface area (Å²) in [5.74, 6) is 0.0847. The molecule has 0 spiro atoms. The van der Waals surface area contributed by atoms with E-state index in [9.17, 15) is 4.79 Å². The Kier molecular flexibility index (Phi) is 3.48. The average Bonchev–Trinajstić information content (AvgIpc) is 3.14. The third-order valence-corrected chi connectivity index (χ3v) is 4.64. The Morgan fingerprint density at radius 1 is 1.37 bits per heavy atom. The summed E-state index contributed by atoms with van der Waals surface area (Å²) in [5.41, 5.74) is 3.33. The topological polar surface area (TPSA) is 32.7 Å². The molecule has 1 atom stereocenters. The molecule has 0 saturated carbocycles. The molecular weight excluding hydrogens is 276 g/mol. The van der Waals surface area contributed by atoms with Gasteiger partial charge in [-0.2, -0.15) is 27.8 Å². The van der Waals surface area contributed by atoms with Gasteiger partial charge in [-0.25, -0.2) is 5.01 Å². The van der Waals surface area contributed by atoms with Crippen molar-refractivity contribution in [3.63, 3.8) is 0 Å². The Labute approximate surface area is 120 Å². The number of carbonyl (C=O) groups excluding carboxylic acids is 1. The van der Waals surface area contributed by atoms with Crippen LogP contribution in [0.4, 0.5) is 0 Å². The van der Waals surface area contributed by atoms with Gasteiger partial charge in [0.15, 0.2) is 0 Å². The smallest absolute Gasteiger partial charge is 0.242 e. The second-order valence-corrected chi connectivity index (χ2v) is 5.99.